The van der Waals surface area contributed by atoms with Gasteiger partial charge in [0.25, 0.3) is 0 Å². The van der Waals surface area contributed by atoms with Crippen molar-refractivity contribution in [1.82, 2.24) is 15.0 Å². The smallest absolute Gasteiger partial charge is 0.158 e. The second-order valence-electron chi connectivity index (χ2n) is 12.1. The number of morpholine rings is 1. The molecular formula is C30H38ClN7O2S2. The molecule has 9 nitrogen and oxygen atoms in total. The van der Waals surface area contributed by atoms with Crippen LogP contribution in [0.1, 0.15) is 50.2 Å². The third-order valence-electron chi connectivity index (χ3n) is 9.14. The number of hydrogen-bond donors (Lipinski definition) is 2. The van der Waals surface area contributed by atoms with Crippen LogP contribution in [0.5, 0.6) is 0 Å². The normalized spacial score (nSPS) is 21.0. The van der Waals surface area contributed by atoms with Crippen LogP contribution in [0, 0.1) is 5.41 Å². The molecule has 2 saturated heterocycles. The molecule has 1 spiro atoms. The number of benzene rings is 1. The summed E-state index contributed by atoms with van der Waals surface area (Å²) < 4.78 is 17.4. The first-order valence-corrected chi connectivity index (χ1v) is 16.8. The molecule has 0 amide bonds. The zero-order chi connectivity index (χ0) is 29.5. The third-order valence-corrected chi connectivity index (χ3v) is 11.9. The van der Waals surface area contributed by atoms with E-state index in [2.05, 4.69) is 39.0 Å². The number of nitrogens with zero attached hydrogens (tertiary/aromatic N) is 5. The number of ether oxygens (including phenoxy) is 1. The molecular weight excluding hydrogens is 590 g/mol. The fourth-order valence-corrected chi connectivity index (χ4v) is 8.13. The second-order valence-corrected chi connectivity index (χ2v) is 15.2. The Morgan fingerprint density at radius 3 is 2.57 bits per heavy atom. The Balaban J connectivity index is 1.16. The highest BCUT2D eigenvalue weighted by molar-refractivity contribution is 7.99. The number of piperidine rings is 1. The van der Waals surface area contributed by atoms with Crippen LogP contribution >= 0.6 is 23.4 Å². The standard InChI is InChI=1S/C30H38ClN7O2S2/c1-29(2,42(33)39)18-22-21-6-4-3-5-20(21)17-30(22)8-11-37(12-9-30)24-19-35-28(26(32)36-24)41-23-7-10-34-27(25(23)31)38-13-15-40-16-14-38/h3-7,10,19,22H,8-9,11-18,33H2,1-2H3,(H2,32,36)/t22-,42?/m1/s1. The number of hydrogen-bond acceptors (Lipinski definition) is 9. The monoisotopic (exact) mass is 627 g/mol. The summed E-state index contributed by atoms with van der Waals surface area (Å²) in [5.41, 5.74) is 9.36. The molecule has 0 radical (unpaired) electrons. The number of nitrogens with two attached hydrogens (primary N) is 2. The Morgan fingerprint density at radius 2 is 1.86 bits per heavy atom. The molecule has 2 aliphatic heterocycles. The minimum absolute atomic E-state index is 0.113. The molecule has 2 aromatic heterocycles. The van der Waals surface area contributed by atoms with Crippen LogP contribution in [0.15, 0.2) is 52.6 Å². The molecule has 1 unspecified atom stereocenters. The largest absolute Gasteiger partial charge is 0.381 e. The molecule has 12 heteroatoms. The Morgan fingerprint density at radius 1 is 1.12 bits per heavy atom. The highest BCUT2D eigenvalue weighted by Crippen LogP contribution is 2.56. The Bertz CT molecular complexity index is 1480. The van der Waals surface area contributed by atoms with E-state index in [1.807, 2.05) is 26.1 Å². The van der Waals surface area contributed by atoms with Crippen LogP contribution in [-0.2, 0) is 22.1 Å². The predicted molar refractivity (Wildman–Crippen MR) is 171 cm³/mol. The van der Waals surface area contributed by atoms with Crippen molar-refractivity contribution in [2.75, 3.05) is 54.9 Å². The summed E-state index contributed by atoms with van der Waals surface area (Å²) in [6.45, 7) is 8.59. The molecule has 224 valence electrons. The van der Waals surface area contributed by atoms with Crippen molar-refractivity contribution in [3.63, 3.8) is 0 Å². The van der Waals surface area contributed by atoms with Crippen LogP contribution in [0.3, 0.4) is 0 Å². The highest BCUT2D eigenvalue weighted by Gasteiger charge is 2.49. The quantitative estimate of drug-likeness (QED) is 0.380. The van der Waals surface area contributed by atoms with E-state index in [4.69, 9.17) is 37.2 Å². The van der Waals surface area contributed by atoms with E-state index in [9.17, 15) is 4.21 Å². The maximum atomic E-state index is 12.4. The van der Waals surface area contributed by atoms with Crippen LogP contribution in [-0.4, -0.2) is 63.3 Å². The van der Waals surface area contributed by atoms with Gasteiger partial charge in [0.15, 0.2) is 5.82 Å². The lowest BCUT2D eigenvalue weighted by Gasteiger charge is -2.45. The number of anilines is 3. The van der Waals surface area contributed by atoms with Gasteiger partial charge in [-0.3, -0.25) is 5.14 Å². The van der Waals surface area contributed by atoms with Gasteiger partial charge >= 0.3 is 0 Å². The van der Waals surface area contributed by atoms with E-state index < -0.39 is 15.7 Å². The molecule has 1 aromatic carbocycles. The van der Waals surface area contributed by atoms with Crippen LogP contribution in [0.25, 0.3) is 0 Å². The van der Waals surface area contributed by atoms with E-state index in [0.29, 0.717) is 35.0 Å². The van der Waals surface area contributed by atoms with E-state index in [1.54, 1.807) is 6.20 Å². The summed E-state index contributed by atoms with van der Waals surface area (Å²) in [6, 6.07) is 10.6. The van der Waals surface area contributed by atoms with Gasteiger partial charge in [0.05, 0.1) is 40.2 Å². The number of pyridine rings is 1. The first kappa shape index (κ1) is 29.6. The number of fused-ring (bicyclic) bond motifs is 1. The average molecular weight is 628 g/mol. The Labute approximate surface area is 259 Å². The van der Waals surface area contributed by atoms with Crippen molar-refractivity contribution < 1.29 is 8.95 Å². The van der Waals surface area contributed by atoms with E-state index in [1.165, 1.54) is 22.9 Å². The summed E-state index contributed by atoms with van der Waals surface area (Å²) >= 11 is 8.18. The molecule has 1 aliphatic carbocycles. The van der Waals surface area contributed by atoms with Gasteiger partial charge in [-0.2, -0.15) is 0 Å². The Hall–Kier alpha value is -2.44. The fourth-order valence-electron chi connectivity index (χ4n) is 6.68. The number of rotatable bonds is 7. The molecule has 6 rings (SSSR count). The summed E-state index contributed by atoms with van der Waals surface area (Å²) in [7, 11) is -1.39. The number of nitrogen functional groups attached to an aromatic ring is 1. The molecule has 2 atom stereocenters. The zero-order valence-corrected chi connectivity index (χ0v) is 26.5. The number of halogens is 1. The molecule has 3 aromatic rings. The van der Waals surface area contributed by atoms with Gasteiger partial charge in [-0.25, -0.2) is 19.2 Å². The van der Waals surface area contributed by atoms with Crippen molar-refractivity contribution in [2.45, 2.75) is 60.1 Å². The van der Waals surface area contributed by atoms with Crippen molar-refractivity contribution in [3.05, 3.63) is 58.9 Å². The van der Waals surface area contributed by atoms with Crippen molar-refractivity contribution in [1.29, 1.82) is 0 Å². The summed E-state index contributed by atoms with van der Waals surface area (Å²) in [4.78, 5) is 19.3. The first-order chi connectivity index (χ1) is 20.2. The maximum Gasteiger partial charge on any atom is 0.158 e. The van der Waals surface area contributed by atoms with Gasteiger partial charge in [-0.05, 0) is 68.1 Å². The lowest BCUT2D eigenvalue weighted by molar-refractivity contribution is 0.122. The number of aromatic nitrogens is 3. The fraction of sp³-hybridized carbons (Fsp3) is 0.500. The molecule has 0 bridgehead atoms. The zero-order valence-electron chi connectivity index (χ0n) is 24.1. The van der Waals surface area contributed by atoms with Crippen LogP contribution in [0.4, 0.5) is 17.5 Å². The van der Waals surface area contributed by atoms with E-state index >= 15 is 0 Å². The first-order valence-electron chi connectivity index (χ1n) is 14.4. The predicted octanol–water partition coefficient (Wildman–Crippen LogP) is 4.81. The van der Waals surface area contributed by atoms with Gasteiger partial charge in [0, 0.05) is 37.3 Å². The average Bonchev–Trinajstić information content (AvgIpc) is 3.27. The van der Waals surface area contributed by atoms with Crippen molar-refractivity contribution in [2.24, 2.45) is 10.6 Å². The van der Waals surface area contributed by atoms with Gasteiger partial charge in [0.2, 0.25) is 0 Å². The van der Waals surface area contributed by atoms with Crippen LogP contribution < -0.4 is 20.7 Å². The summed E-state index contributed by atoms with van der Waals surface area (Å²) in [5, 5.41) is 7.14. The lowest BCUT2D eigenvalue weighted by Crippen LogP contribution is -2.45. The summed E-state index contributed by atoms with van der Waals surface area (Å²) in [6.07, 6.45) is 7.44. The third kappa shape index (κ3) is 5.74. The Kier molecular flexibility index (Phi) is 8.41. The van der Waals surface area contributed by atoms with Gasteiger partial charge in [-0.15, -0.1) is 0 Å². The SMILES string of the molecule is CC(C)(C[C@@H]1c2ccccc2CC12CCN(c1cnc(Sc3ccnc(N4CCOCC4)c3Cl)c(N)n1)CC2)S(N)=O. The van der Waals surface area contributed by atoms with Crippen molar-refractivity contribution in [3.8, 4) is 0 Å². The second kappa shape index (κ2) is 11.9. The molecule has 4 N–H and O–H groups in total. The van der Waals surface area contributed by atoms with Crippen molar-refractivity contribution >= 4 is 51.8 Å². The lowest BCUT2D eigenvalue weighted by atomic mass is 9.67. The molecule has 42 heavy (non-hydrogen) atoms. The topological polar surface area (TPSA) is 123 Å². The minimum atomic E-state index is -1.39. The maximum absolute atomic E-state index is 12.4. The molecule has 4 heterocycles. The van der Waals surface area contributed by atoms with Crippen LogP contribution in [0.2, 0.25) is 5.02 Å². The van der Waals surface area contributed by atoms with E-state index in [-0.39, 0.29) is 5.41 Å². The highest BCUT2D eigenvalue weighted by atomic mass is 35.5. The van der Waals surface area contributed by atoms with E-state index in [0.717, 1.165) is 68.4 Å². The summed E-state index contributed by atoms with van der Waals surface area (Å²) in [5.74, 6) is 2.25. The van der Waals surface area contributed by atoms with Gasteiger partial charge in [0.1, 0.15) is 16.7 Å². The molecule has 0 saturated carbocycles. The minimum Gasteiger partial charge on any atom is -0.381 e. The molecule has 2 fully saturated rings. The van der Waals surface area contributed by atoms with Gasteiger partial charge < -0.3 is 20.3 Å². The molecule has 3 aliphatic rings. The van der Waals surface area contributed by atoms with Gasteiger partial charge in [-0.1, -0.05) is 47.6 Å².